The van der Waals surface area contributed by atoms with E-state index in [0.717, 1.165) is 24.7 Å². The molecule has 2 fully saturated rings. The third-order valence-corrected chi connectivity index (χ3v) is 4.40. The molecule has 0 saturated heterocycles. The van der Waals surface area contributed by atoms with Gasteiger partial charge < -0.3 is 10.6 Å². The van der Waals surface area contributed by atoms with Gasteiger partial charge in [0.1, 0.15) is 0 Å². The summed E-state index contributed by atoms with van der Waals surface area (Å²) in [6, 6.07) is 0.958. The monoisotopic (exact) mass is 238 g/mol. The van der Waals surface area contributed by atoms with Gasteiger partial charge in [-0.3, -0.25) is 4.79 Å². The molecule has 0 aliphatic heterocycles. The summed E-state index contributed by atoms with van der Waals surface area (Å²) in [5, 5.41) is 6.55. The maximum Gasteiger partial charge on any atom is 0.237 e. The van der Waals surface area contributed by atoms with Gasteiger partial charge in [-0.1, -0.05) is 13.8 Å². The van der Waals surface area contributed by atoms with Crippen LogP contribution in [0.15, 0.2) is 0 Å². The highest BCUT2D eigenvalue weighted by atomic mass is 16.2. The molecule has 0 radical (unpaired) electrons. The van der Waals surface area contributed by atoms with E-state index < -0.39 is 0 Å². The van der Waals surface area contributed by atoms with Gasteiger partial charge in [0.05, 0.1) is 6.04 Å². The maximum atomic E-state index is 11.8. The van der Waals surface area contributed by atoms with Gasteiger partial charge in [0.2, 0.25) is 5.91 Å². The second-order valence-corrected chi connectivity index (χ2v) is 6.14. The minimum atomic E-state index is -0.0405. The summed E-state index contributed by atoms with van der Waals surface area (Å²) in [7, 11) is 0. The predicted octanol–water partition coefficient (Wildman–Crippen LogP) is 2.07. The van der Waals surface area contributed by atoms with Crippen LogP contribution in [-0.2, 0) is 4.79 Å². The number of carbonyl (C=O) groups excluding carboxylic acids is 1. The minimum Gasteiger partial charge on any atom is -0.352 e. The van der Waals surface area contributed by atoms with Gasteiger partial charge in [-0.05, 0) is 50.9 Å². The molecule has 0 bridgehead atoms. The first-order valence-corrected chi connectivity index (χ1v) is 7.12. The van der Waals surface area contributed by atoms with Crippen molar-refractivity contribution in [3.63, 3.8) is 0 Å². The molecule has 17 heavy (non-hydrogen) atoms. The van der Waals surface area contributed by atoms with E-state index in [1.807, 2.05) is 6.92 Å². The lowest BCUT2D eigenvalue weighted by atomic mass is 9.79. The largest absolute Gasteiger partial charge is 0.352 e. The zero-order valence-corrected chi connectivity index (χ0v) is 11.3. The van der Waals surface area contributed by atoms with Gasteiger partial charge in [-0.2, -0.15) is 0 Å². The van der Waals surface area contributed by atoms with Crippen LogP contribution in [0, 0.1) is 11.8 Å². The van der Waals surface area contributed by atoms with E-state index >= 15 is 0 Å². The summed E-state index contributed by atoms with van der Waals surface area (Å²) in [6.07, 6.45) is 6.04. The Bertz CT molecular complexity index is 275. The van der Waals surface area contributed by atoms with Crippen molar-refractivity contribution in [3.05, 3.63) is 0 Å². The van der Waals surface area contributed by atoms with Gasteiger partial charge in [0, 0.05) is 12.1 Å². The molecule has 0 spiro atoms. The van der Waals surface area contributed by atoms with E-state index in [9.17, 15) is 4.79 Å². The number of carbonyl (C=O) groups is 1. The molecule has 3 heteroatoms. The third kappa shape index (κ3) is 3.70. The SMILES string of the molecule is CC(NC1CCC(C)C(C)C1)C(=O)NC1CC1. The van der Waals surface area contributed by atoms with Crippen LogP contribution in [0.2, 0.25) is 0 Å². The first-order valence-electron chi connectivity index (χ1n) is 7.12. The van der Waals surface area contributed by atoms with E-state index in [1.54, 1.807) is 0 Å². The molecular weight excluding hydrogens is 212 g/mol. The lowest BCUT2D eigenvalue weighted by Crippen LogP contribution is -2.48. The predicted molar refractivity (Wildman–Crippen MR) is 69.7 cm³/mol. The third-order valence-electron chi connectivity index (χ3n) is 4.40. The first kappa shape index (κ1) is 12.9. The van der Waals surface area contributed by atoms with Crippen LogP contribution in [0.4, 0.5) is 0 Å². The van der Waals surface area contributed by atoms with Gasteiger partial charge in [-0.15, -0.1) is 0 Å². The fraction of sp³-hybridized carbons (Fsp3) is 0.929. The van der Waals surface area contributed by atoms with Gasteiger partial charge in [0.25, 0.3) is 0 Å². The summed E-state index contributed by atoms with van der Waals surface area (Å²) in [6.45, 7) is 6.65. The van der Waals surface area contributed by atoms with Gasteiger partial charge in [0.15, 0.2) is 0 Å². The lowest BCUT2D eigenvalue weighted by molar-refractivity contribution is -0.123. The number of hydrogen-bond acceptors (Lipinski definition) is 2. The minimum absolute atomic E-state index is 0.0405. The van der Waals surface area contributed by atoms with Crippen LogP contribution in [0.5, 0.6) is 0 Å². The summed E-state index contributed by atoms with van der Waals surface area (Å²) >= 11 is 0. The van der Waals surface area contributed by atoms with Crippen LogP contribution >= 0.6 is 0 Å². The molecular formula is C14H26N2O. The number of rotatable bonds is 4. The molecule has 0 aromatic carbocycles. The Morgan fingerprint density at radius 2 is 1.71 bits per heavy atom. The molecule has 0 aromatic heterocycles. The lowest BCUT2D eigenvalue weighted by Gasteiger charge is -2.34. The fourth-order valence-electron chi connectivity index (χ4n) is 2.68. The molecule has 2 rings (SSSR count). The highest BCUT2D eigenvalue weighted by Crippen LogP contribution is 2.29. The van der Waals surface area contributed by atoms with E-state index in [0.29, 0.717) is 12.1 Å². The number of hydrogen-bond donors (Lipinski definition) is 2. The van der Waals surface area contributed by atoms with E-state index in [4.69, 9.17) is 0 Å². The summed E-state index contributed by atoms with van der Waals surface area (Å²) in [5.74, 6) is 1.79. The average Bonchev–Trinajstić information content (AvgIpc) is 3.07. The molecule has 1 amide bonds. The standard InChI is InChI=1S/C14H26N2O/c1-9-4-5-13(8-10(9)2)15-11(3)14(17)16-12-6-7-12/h9-13,15H,4-8H2,1-3H3,(H,16,17). The van der Waals surface area contributed by atoms with Crippen molar-refractivity contribution >= 4 is 5.91 Å². The quantitative estimate of drug-likeness (QED) is 0.787. The maximum absolute atomic E-state index is 11.8. The average molecular weight is 238 g/mol. The van der Waals surface area contributed by atoms with Crippen molar-refractivity contribution in [1.29, 1.82) is 0 Å². The molecule has 0 heterocycles. The number of amides is 1. The zero-order chi connectivity index (χ0) is 12.4. The summed E-state index contributed by atoms with van der Waals surface area (Å²) < 4.78 is 0. The van der Waals surface area contributed by atoms with Crippen LogP contribution in [-0.4, -0.2) is 24.0 Å². The topological polar surface area (TPSA) is 41.1 Å². The second kappa shape index (κ2) is 5.38. The van der Waals surface area contributed by atoms with E-state index in [1.165, 1.54) is 19.3 Å². The van der Waals surface area contributed by atoms with Crippen LogP contribution in [0.3, 0.4) is 0 Å². The Morgan fingerprint density at radius 3 is 2.29 bits per heavy atom. The molecule has 3 nitrogen and oxygen atoms in total. The van der Waals surface area contributed by atoms with Crippen LogP contribution < -0.4 is 10.6 Å². The normalized spacial score (nSPS) is 35.4. The van der Waals surface area contributed by atoms with Crippen LogP contribution in [0.1, 0.15) is 52.9 Å². The molecule has 4 unspecified atom stereocenters. The summed E-state index contributed by atoms with van der Waals surface area (Å²) in [4.78, 5) is 11.8. The molecule has 0 aromatic rings. The van der Waals surface area contributed by atoms with Gasteiger partial charge >= 0.3 is 0 Å². The Labute approximate surface area is 105 Å². The van der Waals surface area contributed by atoms with Crippen molar-refractivity contribution in [2.45, 2.75) is 71.0 Å². The van der Waals surface area contributed by atoms with Crippen molar-refractivity contribution in [2.24, 2.45) is 11.8 Å². The molecule has 2 aliphatic rings. The molecule has 4 atom stereocenters. The highest BCUT2D eigenvalue weighted by molar-refractivity contribution is 5.81. The van der Waals surface area contributed by atoms with Crippen molar-refractivity contribution in [3.8, 4) is 0 Å². The Hall–Kier alpha value is -0.570. The number of nitrogens with one attached hydrogen (secondary N) is 2. The highest BCUT2D eigenvalue weighted by Gasteiger charge is 2.29. The van der Waals surface area contributed by atoms with E-state index in [-0.39, 0.29) is 11.9 Å². The Balaban J connectivity index is 1.73. The first-order chi connectivity index (χ1) is 8.06. The Kier molecular flexibility index (Phi) is 4.08. The van der Waals surface area contributed by atoms with E-state index in [2.05, 4.69) is 24.5 Å². The Morgan fingerprint density at radius 1 is 1.06 bits per heavy atom. The molecule has 98 valence electrons. The summed E-state index contributed by atoms with van der Waals surface area (Å²) in [5.41, 5.74) is 0. The van der Waals surface area contributed by atoms with Crippen molar-refractivity contribution in [2.75, 3.05) is 0 Å². The fourth-order valence-corrected chi connectivity index (χ4v) is 2.68. The molecule has 2 saturated carbocycles. The molecule has 2 aliphatic carbocycles. The smallest absolute Gasteiger partial charge is 0.237 e. The van der Waals surface area contributed by atoms with Gasteiger partial charge in [-0.25, -0.2) is 0 Å². The van der Waals surface area contributed by atoms with Crippen LogP contribution in [0.25, 0.3) is 0 Å². The van der Waals surface area contributed by atoms with Crippen molar-refractivity contribution in [1.82, 2.24) is 10.6 Å². The van der Waals surface area contributed by atoms with Crippen molar-refractivity contribution < 1.29 is 4.79 Å². The zero-order valence-electron chi connectivity index (χ0n) is 11.3. The second-order valence-electron chi connectivity index (χ2n) is 6.14. The molecule has 2 N–H and O–H groups in total.